The average Bonchev–Trinajstić information content (AvgIpc) is 3.17. The molecule has 1 spiro atoms. The minimum atomic E-state index is -0.0391. The van der Waals surface area contributed by atoms with Gasteiger partial charge in [0.25, 0.3) is 0 Å². The molecule has 3 heterocycles. The van der Waals surface area contributed by atoms with E-state index in [0.29, 0.717) is 13.0 Å². The molecule has 2 atom stereocenters. The fourth-order valence-corrected chi connectivity index (χ4v) is 4.27. The summed E-state index contributed by atoms with van der Waals surface area (Å²) in [4.78, 5) is 15.2. The predicted octanol–water partition coefficient (Wildman–Crippen LogP) is 2.50. The van der Waals surface area contributed by atoms with Gasteiger partial charge in [-0.15, -0.1) is 0 Å². The fraction of sp³-hybridized carbons (Fsp3) is 0.526. The first-order valence-electron chi connectivity index (χ1n) is 8.88. The summed E-state index contributed by atoms with van der Waals surface area (Å²) in [6.07, 6.45) is 4.57. The molecule has 5 heteroatoms. The quantitative estimate of drug-likeness (QED) is 0.755. The van der Waals surface area contributed by atoms with Crippen LogP contribution in [0.4, 0.5) is 0 Å². The number of aromatic amines is 1. The number of carbonyl (C=O) groups excluding carboxylic acids is 1. The van der Waals surface area contributed by atoms with Crippen molar-refractivity contribution in [2.45, 2.75) is 38.3 Å². The molecule has 2 unspecified atom stereocenters. The third-order valence-electron chi connectivity index (χ3n) is 5.75. The number of hydrogen-bond acceptors (Lipinski definition) is 4. The van der Waals surface area contributed by atoms with Gasteiger partial charge in [-0.3, -0.25) is 4.79 Å². The highest BCUT2D eigenvalue weighted by Gasteiger charge is 2.49. The van der Waals surface area contributed by atoms with Gasteiger partial charge in [0.2, 0.25) is 0 Å². The first kappa shape index (κ1) is 15.7. The van der Waals surface area contributed by atoms with Crippen LogP contribution in [0.1, 0.15) is 37.8 Å². The second-order valence-electron chi connectivity index (χ2n) is 7.19. The normalized spacial score (nSPS) is 24.4. The first-order chi connectivity index (χ1) is 11.7. The van der Waals surface area contributed by atoms with E-state index in [1.165, 1.54) is 16.5 Å². The van der Waals surface area contributed by atoms with Crippen molar-refractivity contribution in [2.75, 3.05) is 19.6 Å². The zero-order chi connectivity index (χ0) is 16.6. The maximum Gasteiger partial charge on any atom is 0.306 e. The van der Waals surface area contributed by atoms with Crippen molar-refractivity contribution < 1.29 is 9.53 Å². The molecule has 2 aliphatic heterocycles. The van der Waals surface area contributed by atoms with E-state index in [4.69, 9.17) is 4.74 Å². The number of aromatic nitrogens is 1. The molecule has 0 radical (unpaired) electrons. The summed E-state index contributed by atoms with van der Waals surface area (Å²) < 4.78 is 5.68. The van der Waals surface area contributed by atoms with Gasteiger partial charge in [-0.2, -0.15) is 0 Å². The second-order valence-corrected chi connectivity index (χ2v) is 7.19. The summed E-state index contributed by atoms with van der Waals surface area (Å²) in [5, 5.41) is 8.21. The molecule has 3 N–H and O–H groups in total. The van der Waals surface area contributed by atoms with Crippen LogP contribution >= 0.6 is 0 Å². The van der Waals surface area contributed by atoms with Crippen LogP contribution in [0.2, 0.25) is 0 Å². The van der Waals surface area contributed by atoms with E-state index >= 15 is 0 Å². The number of nitrogens with one attached hydrogen (secondary N) is 3. The first-order valence-corrected chi connectivity index (χ1v) is 8.88. The number of cyclic esters (lactones) is 1. The van der Waals surface area contributed by atoms with Gasteiger partial charge in [0.1, 0.15) is 6.10 Å². The highest BCUT2D eigenvalue weighted by atomic mass is 16.6. The Morgan fingerprint density at radius 1 is 1.33 bits per heavy atom. The lowest BCUT2D eigenvalue weighted by atomic mass is 9.73. The molecule has 0 amide bonds. The van der Waals surface area contributed by atoms with Crippen LogP contribution in [0.3, 0.4) is 0 Å². The molecule has 2 aromatic rings. The number of H-pyrrole nitrogens is 1. The number of benzene rings is 1. The van der Waals surface area contributed by atoms with E-state index in [1.807, 2.05) is 6.20 Å². The van der Waals surface area contributed by atoms with Crippen molar-refractivity contribution >= 4 is 16.9 Å². The minimum absolute atomic E-state index is 0.0163. The van der Waals surface area contributed by atoms with Gasteiger partial charge in [-0.25, -0.2) is 0 Å². The van der Waals surface area contributed by atoms with Crippen LogP contribution in [0.15, 0.2) is 30.5 Å². The third-order valence-corrected chi connectivity index (χ3v) is 5.75. The third kappa shape index (κ3) is 2.72. The molecule has 5 nitrogen and oxygen atoms in total. The van der Waals surface area contributed by atoms with E-state index in [2.05, 4.69) is 46.8 Å². The van der Waals surface area contributed by atoms with Crippen LogP contribution in [-0.4, -0.2) is 36.7 Å². The fourth-order valence-electron chi connectivity index (χ4n) is 4.27. The van der Waals surface area contributed by atoms with Crippen molar-refractivity contribution in [1.29, 1.82) is 0 Å². The Morgan fingerprint density at radius 2 is 2.17 bits per heavy atom. The Bertz CT molecular complexity index is 733. The number of para-hydroxylation sites is 1. The SMILES string of the molecule is CC(NCC1OC(=O)CC12CCNCC2)c1cccc2cc[nH]c12. The molecule has 1 aromatic heterocycles. The van der Waals surface area contributed by atoms with Crippen molar-refractivity contribution in [1.82, 2.24) is 15.6 Å². The van der Waals surface area contributed by atoms with Gasteiger partial charge in [-0.1, -0.05) is 18.2 Å². The van der Waals surface area contributed by atoms with E-state index in [-0.39, 0.29) is 23.5 Å². The van der Waals surface area contributed by atoms with Gasteiger partial charge in [0.05, 0.1) is 11.9 Å². The highest BCUT2D eigenvalue weighted by molar-refractivity contribution is 5.82. The lowest BCUT2D eigenvalue weighted by Crippen LogP contribution is -2.46. The standard InChI is InChI=1S/C19H25N3O2/c1-13(15-4-2-3-14-5-8-21-18(14)15)22-12-16-19(11-17(23)24-16)6-9-20-10-7-19/h2-5,8,13,16,20-22H,6-7,9-12H2,1H3. The van der Waals surface area contributed by atoms with Gasteiger partial charge in [-0.05, 0) is 49.9 Å². The van der Waals surface area contributed by atoms with Crippen LogP contribution in [-0.2, 0) is 9.53 Å². The topological polar surface area (TPSA) is 66.2 Å². The van der Waals surface area contributed by atoms with Crippen LogP contribution < -0.4 is 10.6 Å². The summed E-state index contributed by atoms with van der Waals surface area (Å²) in [5.74, 6) is -0.0391. The summed E-state index contributed by atoms with van der Waals surface area (Å²) in [6.45, 7) is 4.83. The predicted molar refractivity (Wildman–Crippen MR) is 93.8 cm³/mol. The Morgan fingerprint density at radius 3 is 3.00 bits per heavy atom. The number of ether oxygens (including phenoxy) is 1. The Labute approximate surface area is 142 Å². The van der Waals surface area contributed by atoms with Crippen molar-refractivity contribution in [3.8, 4) is 0 Å². The van der Waals surface area contributed by atoms with Gasteiger partial charge >= 0.3 is 5.97 Å². The second kappa shape index (κ2) is 6.22. The lowest BCUT2D eigenvalue weighted by molar-refractivity contribution is -0.141. The molecule has 128 valence electrons. The zero-order valence-corrected chi connectivity index (χ0v) is 14.1. The summed E-state index contributed by atoms with van der Waals surface area (Å²) in [5.41, 5.74) is 2.45. The zero-order valence-electron chi connectivity index (χ0n) is 14.1. The molecular weight excluding hydrogens is 302 g/mol. The molecule has 0 aliphatic carbocycles. The molecule has 1 aromatic carbocycles. The molecule has 0 saturated carbocycles. The Kier molecular flexibility index (Phi) is 4.06. The van der Waals surface area contributed by atoms with Crippen LogP contribution in [0.5, 0.6) is 0 Å². The summed E-state index contributed by atoms with van der Waals surface area (Å²) in [7, 11) is 0. The maximum atomic E-state index is 11.9. The molecule has 2 aliphatic rings. The molecule has 24 heavy (non-hydrogen) atoms. The van der Waals surface area contributed by atoms with E-state index in [0.717, 1.165) is 25.9 Å². The largest absolute Gasteiger partial charge is 0.460 e. The number of fused-ring (bicyclic) bond motifs is 1. The Hall–Kier alpha value is -1.85. The monoisotopic (exact) mass is 327 g/mol. The summed E-state index contributed by atoms with van der Waals surface area (Å²) in [6, 6.07) is 8.65. The number of rotatable bonds is 4. The number of esters is 1. The lowest BCUT2D eigenvalue weighted by Gasteiger charge is -2.37. The van der Waals surface area contributed by atoms with Crippen LogP contribution in [0, 0.1) is 5.41 Å². The van der Waals surface area contributed by atoms with E-state index in [1.54, 1.807) is 0 Å². The molecule has 4 rings (SSSR count). The number of hydrogen-bond donors (Lipinski definition) is 3. The molecule has 2 fully saturated rings. The molecule has 0 bridgehead atoms. The van der Waals surface area contributed by atoms with Gasteiger partial charge in [0.15, 0.2) is 0 Å². The van der Waals surface area contributed by atoms with Crippen molar-refractivity contribution in [3.05, 3.63) is 36.0 Å². The number of carbonyl (C=O) groups is 1. The van der Waals surface area contributed by atoms with Gasteiger partial charge < -0.3 is 20.4 Å². The molecular formula is C19H25N3O2. The maximum absolute atomic E-state index is 11.9. The smallest absolute Gasteiger partial charge is 0.306 e. The van der Waals surface area contributed by atoms with Gasteiger partial charge in [0, 0.05) is 24.2 Å². The minimum Gasteiger partial charge on any atom is -0.460 e. The van der Waals surface area contributed by atoms with E-state index in [9.17, 15) is 4.79 Å². The van der Waals surface area contributed by atoms with Crippen molar-refractivity contribution in [3.63, 3.8) is 0 Å². The molecule has 2 saturated heterocycles. The highest BCUT2D eigenvalue weighted by Crippen LogP contribution is 2.43. The van der Waals surface area contributed by atoms with Crippen LogP contribution in [0.25, 0.3) is 10.9 Å². The summed E-state index contributed by atoms with van der Waals surface area (Å²) >= 11 is 0. The Balaban J connectivity index is 1.47. The number of piperidine rings is 1. The van der Waals surface area contributed by atoms with E-state index < -0.39 is 0 Å². The van der Waals surface area contributed by atoms with Crippen molar-refractivity contribution in [2.24, 2.45) is 5.41 Å². The average molecular weight is 327 g/mol.